The number of allylic oxidation sites excluding steroid dienone is 2. The molecule has 0 aliphatic heterocycles. The predicted molar refractivity (Wildman–Crippen MR) is 88.1 cm³/mol. The molecule has 0 heterocycles. The number of rotatable bonds is 0. The summed E-state index contributed by atoms with van der Waals surface area (Å²) in [5.74, 6) is 0. The van der Waals surface area contributed by atoms with Gasteiger partial charge in [-0.3, -0.25) is 0 Å². The third kappa shape index (κ3) is 2.15. The van der Waals surface area contributed by atoms with Gasteiger partial charge in [-0.15, -0.1) is 11.6 Å². The molecule has 18 heavy (non-hydrogen) atoms. The van der Waals surface area contributed by atoms with Crippen LogP contribution >= 0.6 is 43.5 Å². The van der Waals surface area contributed by atoms with Crippen LogP contribution in [0.25, 0.3) is 0 Å². The minimum absolute atomic E-state index is 0.0927. The molecule has 0 aromatic rings. The molecule has 0 amide bonds. The van der Waals surface area contributed by atoms with E-state index in [2.05, 4.69) is 65.6 Å². The van der Waals surface area contributed by atoms with Gasteiger partial charge in [0.25, 0.3) is 0 Å². The fourth-order valence-electron chi connectivity index (χ4n) is 3.76. The molecule has 0 aromatic heterocycles. The maximum absolute atomic E-state index is 6.68. The Morgan fingerprint density at radius 3 is 2.44 bits per heavy atom. The van der Waals surface area contributed by atoms with Gasteiger partial charge >= 0.3 is 0 Å². The van der Waals surface area contributed by atoms with Crippen molar-refractivity contribution in [3.63, 3.8) is 0 Å². The molecule has 2 aliphatic rings. The lowest BCUT2D eigenvalue weighted by Gasteiger charge is -2.58. The van der Waals surface area contributed by atoms with Gasteiger partial charge < -0.3 is 0 Å². The van der Waals surface area contributed by atoms with Gasteiger partial charge in [0, 0.05) is 14.5 Å². The van der Waals surface area contributed by atoms with E-state index in [-0.39, 0.29) is 20.5 Å². The first-order valence-electron chi connectivity index (χ1n) is 6.78. The molecule has 0 unspecified atom stereocenters. The quantitative estimate of drug-likeness (QED) is 0.344. The van der Waals surface area contributed by atoms with Crippen LogP contribution in [0.3, 0.4) is 0 Å². The van der Waals surface area contributed by atoms with Crippen molar-refractivity contribution in [3.8, 4) is 0 Å². The molecular formula is C15H23Br2Cl. The number of hydrogen-bond donors (Lipinski definition) is 0. The van der Waals surface area contributed by atoms with Crippen LogP contribution in [0.1, 0.15) is 53.4 Å². The van der Waals surface area contributed by atoms with E-state index in [0.717, 1.165) is 19.3 Å². The molecule has 1 saturated carbocycles. The van der Waals surface area contributed by atoms with Crippen molar-refractivity contribution in [2.45, 2.75) is 67.9 Å². The summed E-state index contributed by atoms with van der Waals surface area (Å²) < 4.78 is 0.0927. The van der Waals surface area contributed by atoms with Gasteiger partial charge in [-0.05, 0) is 50.4 Å². The molecule has 0 N–H and O–H groups in total. The Labute approximate surface area is 133 Å². The zero-order chi connectivity index (χ0) is 13.8. The molecule has 1 spiro atoms. The van der Waals surface area contributed by atoms with E-state index in [0.29, 0.717) is 4.83 Å². The summed E-state index contributed by atoms with van der Waals surface area (Å²) in [7, 11) is 0. The zero-order valence-electron chi connectivity index (χ0n) is 11.7. The highest BCUT2D eigenvalue weighted by Gasteiger charge is 2.56. The molecule has 0 nitrogen and oxygen atoms in total. The summed E-state index contributed by atoms with van der Waals surface area (Å²) in [6.07, 6.45) is 7.02. The van der Waals surface area contributed by atoms with Crippen molar-refractivity contribution in [1.29, 1.82) is 0 Å². The normalized spacial score (nSPS) is 48.1. The highest BCUT2D eigenvalue weighted by Crippen LogP contribution is 2.63. The summed E-state index contributed by atoms with van der Waals surface area (Å²) in [5, 5.41) is 0.201. The molecule has 0 bridgehead atoms. The average Bonchev–Trinajstić information content (AvgIpc) is 2.27. The van der Waals surface area contributed by atoms with E-state index < -0.39 is 0 Å². The van der Waals surface area contributed by atoms with Gasteiger partial charge in [-0.2, -0.15) is 0 Å². The molecule has 2 rings (SSSR count). The fraction of sp³-hybridized carbons (Fsp3) is 0.867. The van der Waals surface area contributed by atoms with E-state index >= 15 is 0 Å². The van der Waals surface area contributed by atoms with E-state index in [1.165, 1.54) is 6.42 Å². The number of hydrogen-bond acceptors (Lipinski definition) is 0. The van der Waals surface area contributed by atoms with Gasteiger partial charge in [0.2, 0.25) is 0 Å². The van der Waals surface area contributed by atoms with E-state index in [1.54, 1.807) is 5.57 Å². The van der Waals surface area contributed by atoms with Crippen molar-refractivity contribution in [1.82, 2.24) is 0 Å². The van der Waals surface area contributed by atoms with Crippen LogP contribution in [0.5, 0.6) is 0 Å². The topological polar surface area (TPSA) is 0 Å². The lowest BCUT2D eigenvalue weighted by atomic mass is 9.51. The predicted octanol–water partition coefficient (Wildman–Crippen LogP) is 6.06. The van der Waals surface area contributed by atoms with E-state index in [4.69, 9.17) is 11.6 Å². The Hall–Kier alpha value is 0.990. The van der Waals surface area contributed by atoms with Crippen molar-refractivity contribution in [2.24, 2.45) is 10.8 Å². The van der Waals surface area contributed by atoms with Crippen molar-refractivity contribution in [3.05, 3.63) is 11.6 Å². The van der Waals surface area contributed by atoms with Gasteiger partial charge in [0.05, 0.1) is 0 Å². The second kappa shape index (κ2) is 4.77. The van der Waals surface area contributed by atoms with E-state index in [9.17, 15) is 0 Å². The Bertz CT molecular complexity index is 373. The Balaban J connectivity index is 2.41. The lowest BCUT2D eigenvalue weighted by molar-refractivity contribution is 0.0480. The number of alkyl halides is 3. The molecule has 2 aliphatic carbocycles. The molecule has 0 saturated heterocycles. The molecule has 4 atom stereocenters. The van der Waals surface area contributed by atoms with Crippen molar-refractivity contribution in [2.75, 3.05) is 0 Å². The Kier molecular flexibility index (Phi) is 4.08. The molecule has 0 aromatic carbocycles. The third-order valence-corrected chi connectivity index (χ3v) is 8.99. The summed E-state index contributed by atoms with van der Waals surface area (Å²) in [5.41, 5.74) is 2.08. The Morgan fingerprint density at radius 1 is 1.28 bits per heavy atom. The highest BCUT2D eigenvalue weighted by atomic mass is 79.9. The highest BCUT2D eigenvalue weighted by molar-refractivity contribution is 9.10. The van der Waals surface area contributed by atoms with Crippen LogP contribution in [0.2, 0.25) is 0 Å². The van der Waals surface area contributed by atoms with E-state index in [1.807, 2.05) is 0 Å². The standard InChI is InChI=1S/C15H23Br2Cl/c1-10-5-6-11(16)13(2,3)15(10)8-7-14(4,17)12(18)9-15/h5,11-12H,6-9H2,1-4H3/t11-,12+,14+,15+/m1/s1. The largest absolute Gasteiger partial charge is 0.121 e. The fourth-order valence-corrected chi connectivity index (χ4v) is 5.11. The van der Waals surface area contributed by atoms with Gasteiger partial charge in [-0.25, -0.2) is 0 Å². The first kappa shape index (κ1) is 15.4. The van der Waals surface area contributed by atoms with Crippen LogP contribution in [-0.4, -0.2) is 14.5 Å². The Morgan fingerprint density at radius 2 is 1.89 bits per heavy atom. The van der Waals surface area contributed by atoms with Gasteiger partial charge in [0.1, 0.15) is 0 Å². The summed E-state index contributed by atoms with van der Waals surface area (Å²) in [4.78, 5) is 0.553. The monoisotopic (exact) mass is 396 g/mol. The van der Waals surface area contributed by atoms with Crippen LogP contribution in [0, 0.1) is 10.8 Å². The molecular weight excluding hydrogens is 375 g/mol. The maximum atomic E-state index is 6.68. The first-order chi connectivity index (χ1) is 8.13. The van der Waals surface area contributed by atoms with Crippen LogP contribution in [-0.2, 0) is 0 Å². The van der Waals surface area contributed by atoms with Gasteiger partial charge in [-0.1, -0.05) is 57.4 Å². The summed E-state index contributed by atoms with van der Waals surface area (Å²) in [6.45, 7) is 9.35. The van der Waals surface area contributed by atoms with Crippen molar-refractivity contribution < 1.29 is 0 Å². The third-order valence-electron chi connectivity index (χ3n) is 5.62. The van der Waals surface area contributed by atoms with Gasteiger partial charge in [0.15, 0.2) is 0 Å². The summed E-state index contributed by atoms with van der Waals surface area (Å²) >= 11 is 14.4. The van der Waals surface area contributed by atoms with Crippen molar-refractivity contribution >= 4 is 43.5 Å². The maximum Gasteiger partial charge on any atom is 0.0495 e. The minimum atomic E-state index is 0.0927. The van der Waals surface area contributed by atoms with Crippen LogP contribution in [0.15, 0.2) is 11.6 Å². The van der Waals surface area contributed by atoms with Crippen LogP contribution < -0.4 is 0 Å². The molecule has 1 fully saturated rings. The molecule has 3 heteroatoms. The summed E-state index contributed by atoms with van der Waals surface area (Å²) in [6, 6.07) is 0. The number of halogens is 3. The zero-order valence-corrected chi connectivity index (χ0v) is 15.6. The molecule has 104 valence electrons. The average molecular weight is 399 g/mol. The SMILES string of the molecule is CC1=CC[C@@H](Br)C(C)(C)[C@]12CC[C@](C)(Br)[C@@H](Cl)C2. The lowest BCUT2D eigenvalue weighted by Crippen LogP contribution is -2.53. The second-order valence-electron chi connectivity index (χ2n) is 6.84. The minimum Gasteiger partial charge on any atom is -0.121 e. The first-order valence-corrected chi connectivity index (χ1v) is 8.92. The molecule has 0 radical (unpaired) electrons. The smallest absolute Gasteiger partial charge is 0.0495 e. The van der Waals surface area contributed by atoms with Crippen LogP contribution in [0.4, 0.5) is 0 Å². The second-order valence-corrected chi connectivity index (χ2v) is 10.3.